The summed E-state index contributed by atoms with van der Waals surface area (Å²) < 4.78 is 0. The van der Waals surface area contributed by atoms with Gasteiger partial charge in [0.05, 0.1) is 0 Å². The summed E-state index contributed by atoms with van der Waals surface area (Å²) >= 11 is 0. The summed E-state index contributed by atoms with van der Waals surface area (Å²) in [6.45, 7) is 1.59. The number of ketones is 1. The number of aromatic hydroxyl groups is 1. The van der Waals surface area contributed by atoms with Gasteiger partial charge in [0.15, 0.2) is 5.78 Å². The monoisotopic (exact) mass is 399 g/mol. The van der Waals surface area contributed by atoms with Crippen LogP contribution in [-0.2, 0) is 0 Å². The third-order valence-corrected chi connectivity index (χ3v) is 3.60. The van der Waals surface area contributed by atoms with Crippen LogP contribution >= 0.6 is 0 Å². The van der Waals surface area contributed by atoms with Crippen molar-refractivity contribution in [1.29, 1.82) is 0 Å². The second-order valence-corrected chi connectivity index (χ2v) is 5.05. The first kappa shape index (κ1) is 17.4. The average molecular weight is 399 g/mol. The molecule has 1 fully saturated rings. The Balaban J connectivity index is 0.00000200. The van der Waals surface area contributed by atoms with Gasteiger partial charge in [0, 0.05) is 46.9 Å². The predicted octanol–water partition coefficient (Wildman–Crippen LogP) is 2.51. The Kier molecular flexibility index (Phi) is 6.93. The smallest absolute Gasteiger partial charge is 0.170 e. The number of pyridine rings is 1. The van der Waals surface area contributed by atoms with E-state index in [0.29, 0.717) is 11.5 Å². The average Bonchev–Trinajstić information content (AvgIpc) is 2.42. The molecule has 1 aromatic heterocycles. The number of aromatic amines is 1. The molecule has 0 amide bonds. The Morgan fingerprint density at radius 1 is 1.35 bits per heavy atom. The van der Waals surface area contributed by atoms with Gasteiger partial charge >= 0.3 is 0 Å². The van der Waals surface area contributed by atoms with Crippen molar-refractivity contribution in [1.82, 2.24) is 4.98 Å². The van der Waals surface area contributed by atoms with Gasteiger partial charge in [-0.05, 0) is 24.8 Å². The number of carbonyl (C=O) groups is 1. The topological polar surface area (TPSA) is 70.2 Å². The maximum absolute atomic E-state index is 12.0. The van der Waals surface area contributed by atoms with Crippen LogP contribution in [0.3, 0.4) is 0 Å². The van der Waals surface area contributed by atoms with Crippen LogP contribution in [0.2, 0.25) is 0 Å². The van der Waals surface area contributed by atoms with Crippen molar-refractivity contribution < 1.29 is 45.5 Å². The fourth-order valence-corrected chi connectivity index (χ4v) is 2.43. The van der Waals surface area contributed by atoms with Crippen molar-refractivity contribution >= 4 is 5.78 Å². The molecule has 0 spiro atoms. The van der Waals surface area contributed by atoms with Crippen LogP contribution in [0.25, 0.3) is 0 Å². The Morgan fingerprint density at radius 2 is 2.00 bits per heavy atom. The Labute approximate surface area is 146 Å². The van der Waals surface area contributed by atoms with E-state index in [1.165, 1.54) is 25.3 Å². The van der Waals surface area contributed by atoms with E-state index in [4.69, 9.17) is 0 Å². The molecule has 4 nitrogen and oxygen atoms in total. The zero-order valence-corrected chi connectivity index (χ0v) is 15.2. The third kappa shape index (κ3) is 4.17. The molecule has 0 aliphatic heterocycles. The van der Waals surface area contributed by atoms with Crippen molar-refractivity contribution in [3.63, 3.8) is 0 Å². The SMILES string of the molecule is Cc1[c-][nH]c(=O)c(C(=O)/C=C/C2CCCCC2)c1O.[La]. The number of carbonyl (C=O) groups excluding carboxylic acids is 1. The summed E-state index contributed by atoms with van der Waals surface area (Å²) in [6, 6.07) is 0. The van der Waals surface area contributed by atoms with Crippen molar-refractivity contribution in [3.8, 4) is 5.75 Å². The van der Waals surface area contributed by atoms with Crippen molar-refractivity contribution in [3.05, 3.63) is 39.8 Å². The maximum Gasteiger partial charge on any atom is 0.170 e. The van der Waals surface area contributed by atoms with E-state index >= 15 is 0 Å². The first-order valence-electron chi connectivity index (χ1n) is 6.65. The molecule has 0 aromatic carbocycles. The molecule has 1 aliphatic rings. The minimum atomic E-state index is -0.596. The van der Waals surface area contributed by atoms with Crippen LogP contribution in [-0.4, -0.2) is 15.9 Å². The molecule has 1 saturated carbocycles. The third-order valence-electron chi connectivity index (χ3n) is 3.60. The number of rotatable bonds is 3. The molecule has 1 heterocycles. The number of nitrogens with one attached hydrogen (secondary N) is 1. The summed E-state index contributed by atoms with van der Waals surface area (Å²) in [5.74, 6) is -0.307. The molecule has 0 atom stereocenters. The van der Waals surface area contributed by atoms with Crippen LogP contribution in [0, 0.1) is 54.6 Å². The van der Waals surface area contributed by atoms with E-state index < -0.39 is 11.3 Å². The van der Waals surface area contributed by atoms with Gasteiger partial charge in [-0.3, -0.25) is 4.79 Å². The second-order valence-electron chi connectivity index (χ2n) is 5.05. The molecule has 0 saturated heterocycles. The van der Waals surface area contributed by atoms with Crippen LogP contribution in [0.5, 0.6) is 5.75 Å². The van der Waals surface area contributed by atoms with E-state index in [1.54, 1.807) is 6.92 Å². The summed E-state index contributed by atoms with van der Waals surface area (Å²) in [6.07, 6.45) is 11.6. The second kappa shape index (κ2) is 7.96. The van der Waals surface area contributed by atoms with Gasteiger partial charge in [0.25, 0.3) is 0 Å². The number of allylic oxidation sites excluding steroid dienone is 2. The van der Waals surface area contributed by atoms with Crippen molar-refractivity contribution in [2.75, 3.05) is 0 Å². The first-order valence-corrected chi connectivity index (χ1v) is 6.65. The molecule has 5 heteroatoms. The summed E-state index contributed by atoms with van der Waals surface area (Å²) in [5.41, 5.74) is -0.418. The number of H-pyrrole nitrogens is 1. The minimum absolute atomic E-state index is 0. The van der Waals surface area contributed by atoms with Gasteiger partial charge in [-0.25, -0.2) is 0 Å². The zero-order valence-electron chi connectivity index (χ0n) is 11.6. The number of aromatic nitrogens is 1. The minimum Gasteiger partial charge on any atom is -0.565 e. The van der Waals surface area contributed by atoms with E-state index in [2.05, 4.69) is 11.2 Å². The van der Waals surface area contributed by atoms with Crippen LogP contribution in [0.4, 0.5) is 0 Å². The van der Waals surface area contributed by atoms with Gasteiger partial charge in [-0.1, -0.05) is 38.5 Å². The van der Waals surface area contributed by atoms with Crippen molar-refractivity contribution in [2.45, 2.75) is 39.0 Å². The summed E-state index contributed by atoms with van der Waals surface area (Å²) in [7, 11) is 0. The number of hydrogen-bond donors (Lipinski definition) is 2. The fraction of sp³-hybridized carbons (Fsp3) is 0.467. The number of hydrogen-bond acceptors (Lipinski definition) is 3. The van der Waals surface area contributed by atoms with E-state index in [-0.39, 0.29) is 46.9 Å². The molecule has 2 rings (SSSR count). The molecule has 105 valence electrons. The molecular weight excluding hydrogens is 381 g/mol. The van der Waals surface area contributed by atoms with Crippen LogP contribution < -0.4 is 5.56 Å². The van der Waals surface area contributed by atoms with Crippen LogP contribution in [0.1, 0.15) is 48.0 Å². The molecule has 1 radical (unpaired) electrons. The Morgan fingerprint density at radius 3 is 2.65 bits per heavy atom. The van der Waals surface area contributed by atoms with Crippen LogP contribution in [0.15, 0.2) is 16.9 Å². The first-order chi connectivity index (χ1) is 9.09. The molecule has 1 aromatic rings. The molecule has 0 bridgehead atoms. The van der Waals surface area contributed by atoms with Gasteiger partial charge in [0.2, 0.25) is 0 Å². The normalized spacial score (nSPS) is 16.1. The Hall–Kier alpha value is -0.645. The molecular formula is C15H18LaNO3-. The van der Waals surface area contributed by atoms with E-state index in [9.17, 15) is 14.7 Å². The largest absolute Gasteiger partial charge is 0.565 e. The van der Waals surface area contributed by atoms with Gasteiger partial charge < -0.3 is 14.9 Å². The number of aryl methyl sites for hydroxylation is 1. The zero-order chi connectivity index (χ0) is 13.8. The predicted molar refractivity (Wildman–Crippen MR) is 72.3 cm³/mol. The Bertz CT molecular complexity index is 557. The van der Waals surface area contributed by atoms with E-state index in [1.807, 2.05) is 6.08 Å². The molecule has 1 aliphatic carbocycles. The summed E-state index contributed by atoms with van der Waals surface area (Å²) in [4.78, 5) is 25.9. The molecule has 20 heavy (non-hydrogen) atoms. The van der Waals surface area contributed by atoms with Gasteiger partial charge in [-0.2, -0.15) is 0 Å². The quantitative estimate of drug-likeness (QED) is 0.466. The van der Waals surface area contributed by atoms with Gasteiger partial charge in [-0.15, -0.1) is 5.56 Å². The maximum atomic E-state index is 12.0. The molecule has 2 N–H and O–H groups in total. The van der Waals surface area contributed by atoms with Crippen molar-refractivity contribution in [2.24, 2.45) is 5.92 Å². The standard InChI is InChI=1S/C15H18NO3.La/c1-10-9-16-15(19)13(14(10)18)12(17)8-7-11-5-3-2-4-6-11;/h7-8,11H,2-6H2,1H3,(H2,16,18,19);/q-1;/b8-7+;. The fourth-order valence-electron chi connectivity index (χ4n) is 2.43. The van der Waals surface area contributed by atoms with Gasteiger partial charge in [0.1, 0.15) is 5.56 Å². The van der Waals surface area contributed by atoms with E-state index in [0.717, 1.165) is 12.8 Å². The molecule has 0 unspecified atom stereocenters. The summed E-state index contributed by atoms with van der Waals surface area (Å²) in [5, 5.41) is 9.78.